The summed E-state index contributed by atoms with van der Waals surface area (Å²) >= 11 is 0. The summed E-state index contributed by atoms with van der Waals surface area (Å²) in [7, 11) is 6.44. The molecule has 2 heteroatoms. The summed E-state index contributed by atoms with van der Waals surface area (Å²) in [6.07, 6.45) is 10.5. The summed E-state index contributed by atoms with van der Waals surface area (Å²) in [5.74, 6) is 0. The minimum atomic E-state index is 0.166. The maximum absolute atomic E-state index is 3.53. The van der Waals surface area contributed by atoms with Crippen molar-refractivity contribution in [1.29, 1.82) is 0 Å². The third kappa shape index (κ3) is 3.82. The van der Waals surface area contributed by atoms with Crippen LogP contribution in [0.4, 0.5) is 0 Å². The zero-order chi connectivity index (χ0) is 12.9. The van der Waals surface area contributed by atoms with Crippen LogP contribution in [0.2, 0.25) is 0 Å². The van der Waals surface area contributed by atoms with Crippen molar-refractivity contribution in [3.8, 4) is 0 Å². The minimum Gasteiger partial charge on any atom is -0.312 e. The van der Waals surface area contributed by atoms with Gasteiger partial charge < -0.3 is 10.2 Å². The lowest BCUT2D eigenvalue weighted by molar-refractivity contribution is 0.156. The summed E-state index contributed by atoms with van der Waals surface area (Å²) in [5.41, 5.74) is 1.78. The monoisotopic (exact) mass is 238 g/mol. The molecule has 100 valence electrons. The molecule has 0 heterocycles. The van der Waals surface area contributed by atoms with Crippen LogP contribution in [-0.2, 0) is 0 Å². The van der Waals surface area contributed by atoms with Crippen molar-refractivity contribution in [2.75, 3.05) is 21.1 Å². The third-order valence-electron chi connectivity index (χ3n) is 4.34. The quantitative estimate of drug-likeness (QED) is 0.757. The van der Waals surface area contributed by atoms with Crippen LogP contribution < -0.4 is 5.32 Å². The van der Waals surface area contributed by atoms with E-state index < -0.39 is 0 Å². The number of hydrogen-bond donors (Lipinski definition) is 1. The predicted molar refractivity (Wildman–Crippen MR) is 76.4 cm³/mol. The largest absolute Gasteiger partial charge is 0.312 e. The highest BCUT2D eigenvalue weighted by atomic mass is 15.2. The van der Waals surface area contributed by atoms with Crippen LogP contribution in [0.15, 0.2) is 11.6 Å². The summed E-state index contributed by atoms with van der Waals surface area (Å²) in [6.45, 7) is 4.65. The van der Waals surface area contributed by atoms with Crippen molar-refractivity contribution in [1.82, 2.24) is 10.2 Å². The van der Waals surface area contributed by atoms with Crippen LogP contribution in [-0.4, -0.2) is 37.6 Å². The smallest absolute Gasteiger partial charge is 0.0458 e. The Morgan fingerprint density at radius 3 is 2.41 bits per heavy atom. The molecule has 1 unspecified atom stereocenters. The first-order valence-electron chi connectivity index (χ1n) is 7.03. The fourth-order valence-corrected chi connectivity index (χ4v) is 2.73. The Morgan fingerprint density at radius 2 is 1.82 bits per heavy atom. The van der Waals surface area contributed by atoms with Gasteiger partial charge in [0.2, 0.25) is 0 Å². The molecule has 2 nitrogen and oxygen atoms in total. The molecule has 1 rings (SSSR count). The molecule has 0 aliphatic heterocycles. The average Bonchev–Trinajstić information content (AvgIpc) is 2.21. The zero-order valence-corrected chi connectivity index (χ0v) is 12.3. The third-order valence-corrected chi connectivity index (χ3v) is 4.34. The van der Waals surface area contributed by atoms with Gasteiger partial charge in [-0.25, -0.2) is 0 Å². The molecule has 0 radical (unpaired) electrons. The Labute approximate surface area is 107 Å². The van der Waals surface area contributed by atoms with E-state index in [2.05, 4.69) is 51.3 Å². The lowest BCUT2D eigenvalue weighted by Crippen LogP contribution is -2.55. The highest BCUT2D eigenvalue weighted by molar-refractivity contribution is 5.18. The maximum Gasteiger partial charge on any atom is 0.0458 e. The first-order valence-corrected chi connectivity index (χ1v) is 7.03. The van der Waals surface area contributed by atoms with Gasteiger partial charge in [0.15, 0.2) is 0 Å². The van der Waals surface area contributed by atoms with E-state index >= 15 is 0 Å². The fourth-order valence-electron chi connectivity index (χ4n) is 2.73. The molecule has 0 fully saturated rings. The van der Waals surface area contributed by atoms with E-state index in [-0.39, 0.29) is 5.54 Å². The number of hydrogen-bond acceptors (Lipinski definition) is 2. The molecule has 0 saturated carbocycles. The highest BCUT2D eigenvalue weighted by Crippen LogP contribution is 2.27. The zero-order valence-electron chi connectivity index (χ0n) is 12.3. The molecule has 0 aromatic carbocycles. The van der Waals surface area contributed by atoms with Gasteiger partial charge in [0.25, 0.3) is 0 Å². The molecular formula is C15H30N2. The van der Waals surface area contributed by atoms with E-state index in [9.17, 15) is 0 Å². The summed E-state index contributed by atoms with van der Waals surface area (Å²) in [5, 5.41) is 3.53. The Bertz CT molecular complexity index is 254. The van der Waals surface area contributed by atoms with E-state index in [1.165, 1.54) is 38.5 Å². The lowest BCUT2D eigenvalue weighted by Gasteiger charge is -2.41. The van der Waals surface area contributed by atoms with Gasteiger partial charge in [0, 0.05) is 11.6 Å². The second kappa shape index (κ2) is 6.55. The van der Waals surface area contributed by atoms with Crippen molar-refractivity contribution in [3.05, 3.63) is 11.6 Å². The number of rotatable bonds is 4. The molecule has 1 N–H and O–H groups in total. The SMILES string of the molecule is CNC(C1=CCCCCCC1)C(C)(C)N(C)C. The van der Waals surface area contributed by atoms with Crippen LogP contribution in [0.5, 0.6) is 0 Å². The topological polar surface area (TPSA) is 15.3 Å². The molecular weight excluding hydrogens is 208 g/mol. The van der Waals surface area contributed by atoms with Crippen molar-refractivity contribution >= 4 is 0 Å². The molecule has 0 bridgehead atoms. The average molecular weight is 238 g/mol. The molecule has 0 aromatic heterocycles. The Balaban J connectivity index is 2.84. The van der Waals surface area contributed by atoms with Crippen LogP contribution in [0.3, 0.4) is 0 Å². The number of nitrogens with zero attached hydrogens (tertiary/aromatic N) is 1. The Hall–Kier alpha value is -0.340. The van der Waals surface area contributed by atoms with Gasteiger partial charge in [-0.05, 0) is 60.7 Å². The van der Waals surface area contributed by atoms with Crippen molar-refractivity contribution in [2.45, 2.75) is 64.0 Å². The molecule has 1 atom stereocenters. The van der Waals surface area contributed by atoms with Crippen LogP contribution in [0, 0.1) is 0 Å². The molecule has 0 amide bonds. The molecule has 0 aromatic rings. The van der Waals surface area contributed by atoms with Crippen LogP contribution in [0.25, 0.3) is 0 Å². The molecule has 1 aliphatic carbocycles. The predicted octanol–water partition coefficient (Wildman–Crippen LogP) is 3.20. The minimum absolute atomic E-state index is 0.166. The van der Waals surface area contributed by atoms with Crippen molar-refractivity contribution < 1.29 is 0 Å². The molecule has 1 aliphatic rings. The Kier molecular flexibility index (Phi) is 5.68. The van der Waals surface area contributed by atoms with E-state index in [1.54, 1.807) is 5.57 Å². The summed E-state index contributed by atoms with van der Waals surface area (Å²) in [4.78, 5) is 2.33. The van der Waals surface area contributed by atoms with Gasteiger partial charge in [0.05, 0.1) is 0 Å². The summed E-state index contributed by atoms with van der Waals surface area (Å²) < 4.78 is 0. The van der Waals surface area contributed by atoms with E-state index in [0.717, 1.165) is 0 Å². The Morgan fingerprint density at radius 1 is 1.18 bits per heavy atom. The second-order valence-electron chi connectivity index (χ2n) is 6.00. The highest BCUT2D eigenvalue weighted by Gasteiger charge is 2.32. The summed E-state index contributed by atoms with van der Waals surface area (Å²) in [6, 6.07) is 0.468. The van der Waals surface area contributed by atoms with Crippen LogP contribution >= 0.6 is 0 Å². The van der Waals surface area contributed by atoms with Gasteiger partial charge >= 0.3 is 0 Å². The van der Waals surface area contributed by atoms with Gasteiger partial charge in [0.1, 0.15) is 0 Å². The first kappa shape index (κ1) is 14.7. The van der Waals surface area contributed by atoms with Crippen molar-refractivity contribution in [2.24, 2.45) is 0 Å². The lowest BCUT2D eigenvalue weighted by atomic mass is 9.83. The number of likely N-dealkylation sites (N-methyl/N-ethyl adjacent to an activating group) is 2. The molecule has 0 saturated heterocycles. The normalized spacial score (nSPS) is 20.7. The maximum atomic E-state index is 3.53. The first-order chi connectivity index (χ1) is 8.00. The molecule has 0 spiro atoms. The van der Waals surface area contributed by atoms with Gasteiger partial charge in [-0.15, -0.1) is 0 Å². The number of allylic oxidation sites excluding steroid dienone is 1. The van der Waals surface area contributed by atoms with E-state index in [0.29, 0.717) is 6.04 Å². The van der Waals surface area contributed by atoms with E-state index in [4.69, 9.17) is 0 Å². The van der Waals surface area contributed by atoms with Crippen molar-refractivity contribution in [3.63, 3.8) is 0 Å². The second-order valence-corrected chi connectivity index (χ2v) is 6.00. The van der Waals surface area contributed by atoms with Gasteiger partial charge in [-0.1, -0.05) is 24.5 Å². The van der Waals surface area contributed by atoms with Gasteiger partial charge in [-0.2, -0.15) is 0 Å². The fraction of sp³-hybridized carbons (Fsp3) is 0.867. The van der Waals surface area contributed by atoms with E-state index in [1.807, 2.05) is 0 Å². The van der Waals surface area contributed by atoms with Crippen LogP contribution in [0.1, 0.15) is 52.4 Å². The number of nitrogens with one attached hydrogen (secondary N) is 1. The molecule has 17 heavy (non-hydrogen) atoms. The standard InChI is InChI=1S/C15H30N2/c1-15(2,17(4)5)14(16-3)13-11-9-7-6-8-10-12-13/h11,14,16H,6-10,12H2,1-5H3. The van der Waals surface area contributed by atoms with Gasteiger partial charge in [-0.3, -0.25) is 0 Å².